The molecule has 0 saturated carbocycles. The Hall–Kier alpha value is -3.32. The van der Waals surface area contributed by atoms with Gasteiger partial charge >= 0.3 is 5.97 Å². The summed E-state index contributed by atoms with van der Waals surface area (Å²) in [6.45, 7) is 2.15. The summed E-state index contributed by atoms with van der Waals surface area (Å²) < 4.78 is 16.5. The van der Waals surface area contributed by atoms with Crippen LogP contribution >= 0.6 is 11.6 Å². The number of esters is 1. The van der Waals surface area contributed by atoms with Crippen molar-refractivity contribution in [2.24, 2.45) is 4.99 Å². The number of carbonyl (C=O) groups is 2. The number of benzene rings is 2. The number of hydrogen-bond donors (Lipinski definition) is 0. The van der Waals surface area contributed by atoms with Gasteiger partial charge in [0.25, 0.3) is 5.91 Å². The number of hydrogen-bond acceptors (Lipinski definition) is 6. The largest absolute Gasteiger partial charge is 0.490 e. The fourth-order valence-corrected chi connectivity index (χ4v) is 2.77. The molecule has 1 amide bonds. The molecule has 1 heterocycles. The molecular weight excluding hydrogens is 408 g/mol. The predicted octanol–water partition coefficient (Wildman–Crippen LogP) is 3.55. The minimum atomic E-state index is -0.556. The highest BCUT2D eigenvalue weighted by atomic mass is 35.5. The van der Waals surface area contributed by atoms with E-state index in [4.69, 9.17) is 25.8 Å². The smallest absolute Gasteiger partial charge is 0.363 e. The van der Waals surface area contributed by atoms with Crippen LogP contribution in [0.3, 0.4) is 0 Å². The Labute approximate surface area is 179 Å². The van der Waals surface area contributed by atoms with Crippen molar-refractivity contribution in [3.8, 4) is 11.5 Å². The lowest BCUT2D eigenvalue weighted by atomic mass is 10.1. The van der Waals surface area contributed by atoms with Gasteiger partial charge < -0.3 is 19.1 Å². The molecule has 8 heteroatoms. The minimum Gasteiger partial charge on any atom is -0.490 e. The second-order valence-electron chi connectivity index (χ2n) is 6.56. The van der Waals surface area contributed by atoms with E-state index in [9.17, 15) is 9.59 Å². The predicted molar refractivity (Wildman–Crippen MR) is 114 cm³/mol. The molecule has 0 unspecified atom stereocenters. The lowest BCUT2D eigenvalue weighted by Crippen LogP contribution is -2.27. The van der Waals surface area contributed by atoms with Crippen molar-refractivity contribution in [2.75, 3.05) is 27.3 Å². The van der Waals surface area contributed by atoms with Crippen molar-refractivity contribution in [3.63, 3.8) is 0 Å². The van der Waals surface area contributed by atoms with Gasteiger partial charge in [-0.15, -0.1) is 0 Å². The molecule has 0 atom stereocenters. The number of rotatable bonds is 7. The maximum Gasteiger partial charge on any atom is 0.363 e. The molecule has 0 fully saturated rings. The third-order valence-corrected chi connectivity index (χ3v) is 4.35. The van der Waals surface area contributed by atoms with Crippen LogP contribution in [0, 0.1) is 0 Å². The standard InChI is InChI=1S/C22H21ClN2O5/c1-4-28-19-11-14(8-9-18(19)29-13-20(26)25(2)3)10-17-22(27)30-21(24-17)15-6-5-7-16(23)12-15/h5-12H,4,13H2,1-3H3. The molecule has 2 aromatic rings. The summed E-state index contributed by atoms with van der Waals surface area (Å²) in [6.07, 6.45) is 1.59. The Morgan fingerprint density at radius 2 is 1.97 bits per heavy atom. The topological polar surface area (TPSA) is 77.4 Å². The first-order valence-corrected chi connectivity index (χ1v) is 9.63. The molecule has 1 aliphatic rings. The summed E-state index contributed by atoms with van der Waals surface area (Å²) in [5.41, 5.74) is 1.44. The van der Waals surface area contributed by atoms with Crippen LogP contribution in [0.1, 0.15) is 18.1 Å². The Morgan fingerprint density at radius 3 is 2.67 bits per heavy atom. The Balaban J connectivity index is 1.84. The summed E-state index contributed by atoms with van der Waals surface area (Å²) in [5, 5.41) is 0.522. The van der Waals surface area contributed by atoms with Crippen LogP contribution in [0.4, 0.5) is 0 Å². The number of ether oxygens (including phenoxy) is 3. The van der Waals surface area contributed by atoms with E-state index in [0.717, 1.165) is 0 Å². The normalized spacial score (nSPS) is 14.3. The molecule has 1 aliphatic heterocycles. The summed E-state index contributed by atoms with van der Waals surface area (Å²) in [6, 6.07) is 12.0. The van der Waals surface area contributed by atoms with Crippen molar-refractivity contribution in [1.29, 1.82) is 0 Å². The quantitative estimate of drug-likeness (QED) is 0.498. The molecule has 0 aromatic heterocycles. The first-order valence-electron chi connectivity index (χ1n) is 9.25. The van der Waals surface area contributed by atoms with Gasteiger partial charge in [0.1, 0.15) is 0 Å². The van der Waals surface area contributed by atoms with E-state index in [1.165, 1.54) is 4.90 Å². The summed E-state index contributed by atoms with van der Waals surface area (Å²) in [7, 11) is 3.31. The van der Waals surface area contributed by atoms with Gasteiger partial charge in [0.2, 0.25) is 5.90 Å². The first kappa shape index (κ1) is 21.4. The maximum absolute atomic E-state index is 12.2. The summed E-state index contributed by atoms with van der Waals surface area (Å²) >= 11 is 5.99. The Bertz CT molecular complexity index is 1030. The second-order valence-corrected chi connectivity index (χ2v) is 7.00. The van der Waals surface area contributed by atoms with E-state index in [-0.39, 0.29) is 24.1 Å². The molecule has 156 valence electrons. The SMILES string of the molecule is CCOc1cc(C=C2N=C(c3cccc(Cl)c3)OC2=O)ccc1OCC(=O)N(C)C. The average Bonchev–Trinajstić information content (AvgIpc) is 3.07. The van der Waals surface area contributed by atoms with Crippen LogP contribution in [0.25, 0.3) is 6.08 Å². The zero-order valence-corrected chi connectivity index (χ0v) is 17.6. The number of amides is 1. The molecule has 2 aromatic carbocycles. The Morgan fingerprint density at radius 1 is 1.17 bits per heavy atom. The molecule has 3 rings (SSSR count). The van der Waals surface area contributed by atoms with E-state index >= 15 is 0 Å². The fraction of sp³-hybridized carbons (Fsp3) is 0.227. The van der Waals surface area contributed by atoms with Gasteiger partial charge in [-0.3, -0.25) is 4.79 Å². The zero-order valence-electron chi connectivity index (χ0n) is 16.8. The molecule has 0 N–H and O–H groups in total. The van der Waals surface area contributed by atoms with Gasteiger partial charge in [-0.05, 0) is 48.9 Å². The van der Waals surface area contributed by atoms with Crippen molar-refractivity contribution >= 4 is 35.5 Å². The van der Waals surface area contributed by atoms with Gasteiger partial charge in [0.05, 0.1) is 6.61 Å². The zero-order chi connectivity index (χ0) is 21.7. The first-order chi connectivity index (χ1) is 14.4. The highest BCUT2D eigenvalue weighted by molar-refractivity contribution is 6.31. The van der Waals surface area contributed by atoms with Crippen LogP contribution in [0.5, 0.6) is 11.5 Å². The van der Waals surface area contributed by atoms with Crippen molar-refractivity contribution in [3.05, 3.63) is 64.3 Å². The Kier molecular flexibility index (Phi) is 6.74. The number of nitrogens with zero attached hydrogens (tertiary/aromatic N) is 2. The van der Waals surface area contributed by atoms with Crippen molar-refractivity contribution in [2.45, 2.75) is 6.92 Å². The van der Waals surface area contributed by atoms with Gasteiger partial charge in [-0.25, -0.2) is 9.79 Å². The van der Waals surface area contributed by atoms with Crippen LogP contribution in [0.15, 0.2) is 53.2 Å². The molecule has 0 bridgehead atoms. The highest BCUT2D eigenvalue weighted by Gasteiger charge is 2.24. The van der Waals surface area contributed by atoms with Crippen molar-refractivity contribution in [1.82, 2.24) is 4.90 Å². The maximum atomic E-state index is 12.2. The van der Waals surface area contributed by atoms with E-state index in [2.05, 4.69) is 4.99 Å². The monoisotopic (exact) mass is 428 g/mol. The summed E-state index contributed by atoms with van der Waals surface area (Å²) in [4.78, 5) is 29.7. The summed E-state index contributed by atoms with van der Waals surface area (Å²) in [5.74, 6) is 0.371. The third kappa shape index (κ3) is 5.18. The van der Waals surface area contributed by atoms with Crippen LogP contribution in [-0.4, -0.2) is 50.0 Å². The van der Waals surface area contributed by atoms with Gasteiger partial charge in [0, 0.05) is 24.7 Å². The molecule has 30 heavy (non-hydrogen) atoms. The third-order valence-electron chi connectivity index (χ3n) is 4.11. The van der Waals surface area contributed by atoms with Gasteiger partial charge in [-0.2, -0.15) is 0 Å². The number of likely N-dealkylation sites (N-methyl/N-ethyl adjacent to an activating group) is 1. The van der Waals surface area contributed by atoms with Crippen LogP contribution in [0.2, 0.25) is 5.02 Å². The van der Waals surface area contributed by atoms with E-state index in [0.29, 0.717) is 34.3 Å². The molecule has 0 spiro atoms. The van der Waals surface area contributed by atoms with E-state index in [1.54, 1.807) is 62.6 Å². The fourth-order valence-electron chi connectivity index (χ4n) is 2.58. The number of carbonyl (C=O) groups excluding carboxylic acids is 2. The van der Waals surface area contributed by atoms with E-state index in [1.807, 2.05) is 6.92 Å². The van der Waals surface area contributed by atoms with Crippen molar-refractivity contribution < 1.29 is 23.8 Å². The molecule has 7 nitrogen and oxygen atoms in total. The second kappa shape index (κ2) is 9.45. The molecule has 0 saturated heterocycles. The van der Waals surface area contributed by atoms with E-state index < -0.39 is 5.97 Å². The van der Waals surface area contributed by atoms with Crippen LogP contribution in [-0.2, 0) is 14.3 Å². The number of halogens is 1. The highest BCUT2D eigenvalue weighted by Crippen LogP contribution is 2.30. The number of aliphatic imine (C=N–C) groups is 1. The average molecular weight is 429 g/mol. The van der Waals surface area contributed by atoms with Gasteiger partial charge in [0.15, 0.2) is 23.8 Å². The lowest BCUT2D eigenvalue weighted by molar-refractivity contribution is -0.131. The molecule has 0 aliphatic carbocycles. The number of cyclic esters (lactones) is 1. The van der Waals surface area contributed by atoms with Crippen LogP contribution < -0.4 is 9.47 Å². The minimum absolute atomic E-state index is 0.104. The lowest BCUT2D eigenvalue weighted by Gasteiger charge is -2.14. The molecular formula is C22H21ClN2O5. The van der Waals surface area contributed by atoms with Gasteiger partial charge in [-0.1, -0.05) is 23.7 Å². The molecule has 0 radical (unpaired) electrons.